The zero-order valence-corrected chi connectivity index (χ0v) is 10.3. The largest absolute Gasteiger partial charge is 0.361 e. The molecule has 1 aromatic carbocycles. The molecule has 0 aliphatic carbocycles. The van der Waals surface area contributed by atoms with Crippen LogP contribution in [-0.2, 0) is 0 Å². The number of rotatable bonds is 1. The number of fused-ring (bicyclic) bond motifs is 1. The molecule has 1 unspecified atom stereocenters. The minimum absolute atomic E-state index is 0.286. The van der Waals surface area contributed by atoms with Gasteiger partial charge in [-0.05, 0) is 50.0 Å². The van der Waals surface area contributed by atoms with E-state index in [1.807, 2.05) is 6.20 Å². The normalized spacial score (nSPS) is 21.6. The van der Waals surface area contributed by atoms with Crippen molar-refractivity contribution in [2.45, 2.75) is 18.8 Å². The van der Waals surface area contributed by atoms with Gasteiger partial charge in [-0.25, -0.2) is 8.78 Å². The topological polar surface area (TPSA) is 19.0 Å². The van der Waals surface area contributed by atoms with Gasteiger partial charge in [-0.2, -0.15) is 0 Å². The molecule has 2 heterocycles. The molecule has 18 heavy (non-hydrogen) atoms. The number of nitrogens with one attached hydrogen (secondary N) is 1. The summed E-state index contributed by atoms with van der Waals surface area (Å²) in [4.78, 5) is 5.28. The van der Waals surface area contributed by atoms with Gasteiger partial charge in [-0.15, -0.1) is 0 Å². The van der Waals surface area contributed by atoms with Crippen LogP contribution in [0.25, 0.3) is 10.9 Å². The highest BCUT2D eigenvalue weighted by atomic mass is 19.2. The summed E-state index contributed by atoms with van der Waals surface area (Å²) in [6, 6.07) is 2.77. The zero-order chi connectivity index (χ0) is 12.7. The maximum atomic E-state index is 13.9. The van der Waals surface area contributed by atoms with Crippen molar-refractivity contribution in [3.63, 3.8) is 0 Å². The third-order valence-corrected chi connectivity index (χ3v) is 3.83. The molecule has 96 valence electrons. The van der Waals surface area contributed by atoms with Crippen molar-refractivity contribution in [3.05, 3.63) is 35.5 Å². The number of H-pyrrole nitrogens is 1. The van der Waals surface area contributed by atoms with Crippen LogP contribution >= 0.6 is 0 Å². The number of likely N-dealkylation sites (N-methyl/N-ethyl adjacent to an activating group) is 1. The highest BCUT2D eigenvalue weighted by molar-refractivity contribution is 5.84. The molecule has 1 atom stereocenters. The van der Waals surface area contributed by atoms with Gasteiger partial charge >= 0.3 is 0 Å². The van der Waals surface area contributed by atoms with Crippen LogP contribution in [0.3, 0.4) is 0 Å². The Labute approximate surface area is 105 Å². The van der Waals surface area contributed by atoms with Gasteiger partial charge in [0, 0.05) is 23.6 Å². The van der Waals surface area contributed by atoms with E-state index in [0.717, 1.165) is 31.5 Å². The molecule has 1 N–H and O–H groups in total. The molecule has 4 heteroatoms. The molecule has 1 aromatic heterocycles. The third kappa shape index (κ3) is 1.81. The second-order valence-corrected chi connectivity index (χ2v) is 5.13. The molecule has 0 saturated carbocycles. The summed E-state index contributed by atoms with van der Waals surface area (Å²) < 4.78 is 27.3. The Balaban J connectivity index is 2.09. The lowest BCUT2D eigenvalue weighted by molar-refractivity contribution is 0.251. The molecule has 0 bridgehead atoms. The molecule has 2 aromatic rings. The fraction of sp³-hybridized carbons (Fsp3) is 0.429. The Hall–Kier alpha value is -1.42. The number of aromatic nitrogens is 1. The summed E-state index contributed by atoms with van der Waals surface area (Å²) in [5.74, 6) is -1.21. The van der Waals surface area contributed by atoms with Crippen molar-refractivity contribution < 1.29 is 8.78 Å². The van der Waals surface area contributed by atoms with Crippen LogP contribution in [0.4, 0.5) is 8.78 Å². The molecule has 1 aliphatic heterocycles. The molecule has 0 amide bonds. The summed E-state index contributed by atoms with van der Waals surface area (Å²) in [7, 11) is 2.07. The van der Waals surface area contributed by atoms with Crippen molar-refractivity contribution in [1.29, 1.82) is 0 Å². The predicted molar refractivity (Wildman–Crippen MR) is 67.7 cm³/mol. The number of nitrogens with zero attached hydrogens (tertiary/aromatic N) is 1. The van der Waals surface area contributed by atoms with E-state index in [9.17, 15) is 8.78 Å². The van der Waals surface area contributed by atoms with E-state index in [2.05, 4.69) is 16.9 Å². The van der Waals surface area contributed by atoms with Gasteiger partial charge < -0.3 is 9.88 Å². The quantitative estimate of drug-likeness (QED) is 0.823. The fourth-order valence-corrected chi connectivity index (χ4v) is 2.92. The van der Waals surface area contributed by atoms with Crippen LogP contribution in [-0.4, -0.2) is 30.0 Å². The van der Waals surface area contributed by atoms with E-state index in [1.54, 1.807) is 6.07 Å². The Morgan fingerprint density at radius 1 is 1.33 bits per heavy atom. The number of benzene rings is 1. The maximum Gasteiger partial charge on any atom is 0.168 e. The number of aromatic amines is 1. The van der Waals surface area contributed by atoms with E-state index in [0.29, 0.717) is 10.9 Å². The average Bonchev–Trinajstić information content (AvgIpc) is 2.78. The molecule has 1 saturated heterocycles. The summed E-state index contributed by atoms with van der Waals surface area (Å²) in [5.41, 5.74) is 1.59. The lowest BCUT2D eigenvalue weighted by Gasteiger charge is -2.29. The van der Waals surface area contributed by atoms with Crippen LogP contribution in [0, 0.1) is 11.6 Å². The van der Waals surface area contributed by atoms with Gasteiger partial charge in [0.15, 0.2) is 11.6 Å². The first-order chi connectivity index (χ1) is 8.66. The van der Waals surface area contributed by atoms with E-state index >= 15 is 0 Å². The van der Waals surface area contributed by atoms with Crippen LogP contribution in [0.2, 0.25) is 0 Å². The fourth-order valence-electron chi connectivity index (χ4n) is 2.92. The number of hydrogen-bond donors (Lipinski definition) is 1. The highest BCUT2D eigenvalue weighted by Crippen LogP contribution is 2.33. The molecular formula is C14H16F2N2. The minimum Gasteiger partial charge on any atom is -0.361 e. The maximum absolute atomic E-state index is 13.9. The van der Waals surface area contributed by atoms with Crippen LogP contribution < -0.4 is 0 Å². The SMILES string of the molecule is CN1CCCC(c2c[nH]c3ccc(F)c(F)c23)C1. The first-order valence-corrected chi connectivity index (χ1v) is 6.30. The molecule has 1 fully saturated rings. The first kappa shape index (κ1) is 11.7. The van der Waals surface area contributed by atoms with Crippen molar-refractivity contribution in [1.82, 2.24) is 9.88 Å². The molecule has 2 nitrogen and oxygen atoms in total. The number of hydrogen-bond acceptors (Lipinski definition) is 1. The van der Waals surface area contributed by atoms with Gasteiger partial charge in [0.2, 0.25) is 0 Å². The number of piperidine rings is 1. The van der Waals surface area contributed by atoms with Crippen molar-refractivity contribution in [3.8, 4) is 0 Å². The van der Waals surface area contributed by atoms with Crippen LogP contribution in [0.5, 0.6) is 0 Å². The van der Waals surface area contributed by atoms with Gasteiger partial charge in [-0.3, -0.25) is 0 Å². The average molecular weight is 250 g/mol. The molecule has 0 spiro atoms. The van der Waals surface area contributed by atoms with Gasteiger partial charge in [0.1, 0.15) is 0 Å². The van der Waals surface area contributed by atoms with Crippen LogP contribution in [0.15, 0.2) is 18.3 Å². The highest BCUT2D eigenvalue weighted by Gasteiger charge is 2.23. The molecule has 0 radical (unpaired) electrons. The van der Waals surface area contributed by atoms with E-state index in [4.69, 9.17) is 0 Å². The molecular weight excluding hydrogens is 234 g/mol. The monoisotopic (exact) mass is 250 g/mol. The second kappa shape index (κ2) is 4.35. The predicted octanol–water partition coefficient (Wildman–Crippen LogP) is 3.26. The summed E-state index contributed by atoms with van der Waals surface area (Å²) in [5, 5.41) is 0.426. The summed E-state index contributed by atoms with van der Waals surface area (Å²) in [6.45, 7) is 1.98. The van der Waals surface area contributed by atoms with Crippen LogP contribution in [0.1, 0.15) is 24.3 Å². The standard InChI is InChI=1S/C14H16F2N2/c1-18-6-2-3-9(8-18)10-7-17-12-5-4-11(15)14(16)13(10)12/h4-5,7,9,17H,2-3,6,8H2,1H3. The van der Waals surface area contributed by atoms with E-state index in [-0.39, 0.29) is 5.92 Å². The second-order valence-electron chi connectivity index (χ2n) is 5.13. The number of halogens is 2. The first-order valence-electron chi connectivity index (χ1n) is 6.30. The Kier molecular flexibility index (Phi) is 2.82. The zero-order valence-electron chi connectivity index (χ0n) is 10.3. The third-order valence-electron chi connectivity index (χ3n) is 3.83. The summed E-state index contributed by atoms with van der Waals surface area (Å²) >= 11 is 0. The van der Waals surface area contributed by atoms with Crippen molar-refractivity contribution in [2.75, 3.05) is 20.1 Å². The minimum atomic E-state index is -0.771. The Bertz CT molecular complexity index is 576. The van der Waals surface area contributed by atoms with Gasteiger partial charge in [-0.1, -0.05) is 0 Å². The Morgan fingerprint density at radius 2 is 2.17 bits per heavy atom. The smallest absolute Gasteiger partial charge is 0.168 e. The van der Waals surface area contributed by atoms with Crippen molar-refractivity contribution in [2.24, 2.45) is 0 Å². The lowest BCUT2D eigenvalue weighted by atomic mass is 9.90. The number of likely N-dealkylation sites (tertiary alicyclic amines) is 1. The van der Waals surface area contributed by atoms with Gasteiger partial charge in [0.25, 0.3) is 0 Å². The van der Waals surface area contributed by atoms with Gasteiger partial charge in [0.05, 0.1) is 0 Å². The van der Waals surface area contributed by atoms with Crippen molar-refractivity contribution >= 4 is 10.9 Å². The molecule has 1 aliphatic rings. The van der Waals surface area contributed by atoms with E-state index in [1.165, 1.54) is 6.07 Å². The summed E-state index contributed by atoms with van der Waals surface area (Å²) in [6.07, 6.45) is 3.97. The lowest BCUT2D eigenvalue weighted by Crippen LogP contribution is -2.30. The van der Waals surface area contributed by atoms with E-state index < -0.39 is 11.6 Å². The molecule has 3 rings (SSSR count). The Morgan fingerprint density at radius 3 is 2.94 bits per heavy atom.